The molecule has 0 bridgehead atoms. The third-order valence-electron chi connectivity index (χ3n) is 3.29. The van der Waals surface area contributed by atoms with E-state index in [9.17, 15) is 9.13 Å². The molecule has 0 spiro atoms. The largest absolute Gasteiger partial charge is 0.455 e. The van der Waals surface area contributed by atoms with Crippen LogP contribution in [-0.2, 0) is 27.2 Å². The van der Waals surface area contributed by atoms with Crippen LogP contribution >= 0.6 is 15.3 Å². The van der Waals surface area contributed by atoms with Crippen molar-refractivity contribution in [1.82, 2.24) is 0 Å². The number of hydrogen-bond acceptors (Lipinski definition) is 7. The molecule has 0 aliphatic carbocycles. The van der Waals surface area contributed by atoms with Gasteiger partial charge in [-0.25, -0.2) is 9.24 Å². The zero-order valence-corrected chi connectivity index (χ0v) is 16.7. The smallest absolute Gasteiger partial charge is 0.438 e. The molecular weight excluding hydrogens is 368 g/mol. The Morgan fingerprint density at radius 1 is 0.920 bits per heavy atom. The van der Waals surface area contributed by atoms with Crippen molar-refractivity contribution >= 4 is 21.0 Å². The predicted molar refractivity (Wildman–Crippen MR) is 95.1 cm³/mol. The van der Waals surface area contributed by atoms with Crippen LogP contribution < -0.4 is 9.41 Å². The maximum atomic E-state index is 13.4. The maximum absolute atomic E-state index is 13.4. The minimum absolute atomic E-state index is 0.148. The Morgan fingerprint density at radius 3 is 1.96 bits per heavy atom. The van der Waals surface area contributed by atoms with Gasteiger partial charge < -0.3 is 13.8 Å². The topological polar surface area (TPSA) is 83.5 Å². The van der Waals surface area contributed by atoms with Crippen LogP contribution in [0.25, 0.3) is 0 Å². The van der Waals surface area contributed by atoms with Crippen molar-refractivity contribution in [2.24, 2.45) is 0 Å². The normalized spacial score (nSPS) is 17.4. The molecule has 10 heteroatoms. The first kappa shape index (κ1) is 20.4. The molecular formula is C15H25NO7P2. The monoisotopic (exact) mass is 393 g/mol. The van der Waals surface area contributed by atoms with E-state index in [4.69, 9.17) is 22.8 Å². The molecule has 1 aromatic carbocycles. The van der Waals surface area contributed by atoms with Crippen LogP contribution in [0.4, 0.5) is 5.69 Å². The first-order chi connectivity index (χ1) is 12.0. The highest BCUT2D eigenvalue weighted by Crippen LogP contribution is 2.68. The van der Waals surface area contributed by atoms with Crippen molar-refractivity contribution in [2.75, 3.05) is 31.1 Å². The van der Waals surface area contributed by atoms with Crippen molar-refractivity contribution in [1.29, 1.82) is 0 Å². The van der Waals surface area contributed by atoms with Gasteiger partial charge in [0.2, 0.25) is 0 Å². The SMILES string of the molecule is CCOP(=O)(OCC)C1Oc2ccccc2N1P(=O)(OCC)OCC. The van der Waals surface area contributed by atoms with Gasteiger partial charge in [0.15, 0.2) is 0 Å². The molecule has 1 aliphatic rings. The van der Waals surface area contributed by atoms with Crippen LogP contribution in [0.3, 0.4) is 0 Å². The summed E-state index contributed by atoms with van der Waals surface area (Å²) in [4.78, 5) is 0. The van der Waals surface area contributed by atoms with Gasteiger partial charge in [-0.1, -0.05) is 12.1 Å². The fourth-order valence-electron chi connectivity index (χ4n) is 2.49. The molecule has 0 radical (unpaired) electrons. The van der Waals surface area contributed by atoms with E-state index in [2.05, 4.69) is 0 Å². The number of rotatable bonds is 10. The average Bonchev–Trinajstić information content (AvgIpc) is 2.97. The molecule has 0 saturated carbocycles. The van der Waals surface area contributed by atoms with Crippen LogP contribution in [0.1, 0.15) is 27.7 Å². The van der Waals surface area contributed by atoms with E-state index in [-0.39, 0.29) is 26.4 Å². The third-order valence-corrected chi connectivity index (χ3v) is 7.71. The highest BCUT2D eigenvalue weighted by Gasteiger charge is 2.55. The Hall–Kier alpha value is -0.880. The summed E-state index contributed by atoms with van der Waals surface area (Å²) in [5, 5.41) is 0. The van der Waals surface area contributed by atoms with Crippen molar-refractivity contribution in [3.63, 3.8) is 0 Å². The van der Waals surface area contributed by atoms with E-state index in [1.165, 1.54) is 4.67 Å². The van der Waals surface area contributed by atoms with Crippen LogP contribution in [0.2, 0.25) is 0 Å². The molecule has 1 unspecified atom stereocenters. The van der Waals surface area contributed by atoms with E-state index in [1.54, 1.807) is 52.0 Å². The van der Waals surface area contributed by atoms with E-state index in [1.807, 2.05) is 0 Å². The van der Waals surface area contributed by atoms with Crippen molar-refractivity contribution in [3.05, 3.63) is 24.3 Å². The standard InChI is InChI=1S/C15H25NO7P2/c1-5-19-24(17,20-6-2)15-16(25(18,21-7-3)22-8-4)13-11-9-10-12-14(13)23-15/h9-12,15H,5-8H2,1-4H3. The molecule has 1 aliphatic heterocycles. The van der Waals surface area contributed by atoms with E-state index in [0.717, 1.165) is 0 Å². The summed E-state index contributed by atoms with van der Waals surface area (Å²) in [5.74, 6) is -0.847. The Bertz CT molecular complexity index is 649. The molecule has 1 aromatic rings. The zero-order valence-electron chi connectivity index (χ0n) is 14.9. The van der Waals surface area contributed by atoms with Crippen LogP contribution in [0.15, 0.2) is 24.3 Å². The summed E-state index contributed by atoms with van der Waals surface area (Å²) in [6.45, 7) is 7.39. The summed E-state index contributed by atoms with van der Waals surface area (Å²) in [7, 11) is -7.60. The number of ether oxygens (including phenoxy) is 1. The molecule has 8 nitrogen and oxygen atoms in total. The Morgan fingerprint density at radius 2 is 1.44 bits per heavy atom. The fraction of sp³-hybridized carbons (Fsp3) is 0.600. The Balaban J connectivity index is 2.55. The minimum Gasteiger partial charge on any atom is -0.455 e. The first-order valence-electron chi connectivity index (χ1n) is 8.29. The summed E-state index contributed by atoms with van der Waals surface area (Å²) < 4.78 is 55.5. The highest BCUT2D eigenvalue weighted by atomic mass is 31.2. The molecule has 0 saturated heterocycles. The van der Waals surface area contributed by atoms with Gasteiger partial charge in [-0.15, -0.1) is 0 Å². The molecule has 25 heavy (non-hydrogen) atoms. The molecule has 2 rings (SSSR count). The van der Waals surface area contributed by atoms with Gasteiger partial charge in [0.05, 0.1) is 32.1 Å². The van der Waals surface area contributed by atoms with Gasteiger partial charge >= 0.3 is 15.3 Å². The highest BCUT2D eigenvalue weighted by molar-refractivity contribution is 7.60. The van der Waals surface area contributed by atoms with Crippen molar-refractivity contribution in [3.8, 4) is 5.75 Å². The lowest BCUT2D eigenvalue weighted by molar-refractivity contribution is 0.163. The van der Waals surface area contributed by atoms with Crippen LogP contribution in [0.5, 0.6) is 5.75 Å². The molecule has 0 aromatic heterocycles. The number of anilines is 1. The van der Waals surface area contributed by atoms with E-state index >= 15 is 0 Å². The maximum Gasteiger partial charge on any atom is 0.438 e. The third kappa shape index (κ3) is 4.11. The zero-order chi connectivity index (χ0) is 18.5. The van der Waals surface area contributed by atoms with Gasteiger partial charge in [0.1, 0.15) is 5.75 Å². The molecule has 0 amide bonds. The molecule has 142 valence electrons. The summed E-state index contributed by atoms with van der Waals surface area (Å²) in [5.41, 5.74) is 0.456. The summed E-state index contributed by atoms with van der Waals surface area (Å²) >= 11 is 0. The first-order valence-corrected chi connectivity index (χ1v) is 11.4. The second-order valence-electron chi connectivity index (χ2n) is 4.94. The number of hydrogen-bond donors (Lipinski definition) is 0. The van der Waals surface area contributed by atoms with E-state index in [0.29, 0.717) is 11.4 Å². The van der Waals surface area contributed by atoms with Crippen molar-refractivity contribution in [2.45, 2.75) is 33.7 Å². The number of benzene rings is 1. The molecule has 0 fully saturated rings. The summed E-state index contributed by atoms with van der Waals surface area (Å²) in [6.07, 6.45) is 0. The van der Waals surface area contributed by atoms with Gasteiger partial charge in [-0.05, 0) is 39.8 Å². The average molecular weight is 393 g/mol. The van der Waals surface area contributed by atoms with E-state index < -0.39 is 21.3 Å². The predicted octanol–water partition coefficient (Wildman–Crippen LogP) is 4.62. The van der Waals surface area contributed by atoms with Crippen LogP contribution in [0, 0.1) is 0 Å². The lowest BCUT2D eigenvalue weighted by atomic mass is 10.3. The van der Waals surface area contributed by atoms with Gasteiger partial charge in [-0.2, -0.15) is 0 Å². The summed E-state index contributed by atoms with van der Waals surface area (Å²) in [6, 6.07) is 6.90. The minimum atomic E-state index is -3.82. The van der Waals surface area contributed by atoms with Gasteiger partial charge in [-0.3, -0.25) is 13.6 Å². The van der Waals surface area contributed by atoms with Crippen molar-refractivity contribution < 1.29 is 32.0 Å². The lowest BCUT2D eigenvalue weighted by Crippen LogP contribution is -2.35. The quantitative estimate of drug-likeness (QED) is 0.533. The second-order valence-corrected chi connectivity index (χ2v) is 8.86. The number of fused-ring (bicyclic) bond motifs is 1. The van der Waals surface area contributed by atoms with Gasteiger partial charge in [0.25, 0.3) is 5.97 Å². The van der Waals surface area contributed by atoms with Gasteiger partial charge in [0, 0.05) is 0 Å². The second kappa shape index (κ2) is 8.67. The Labute approximate surface area is 148 Å². The molecule has 1 atom stereocenters. The van der Waals surface area contributed by atoms with Crippen LogP contribution in [-0.4, -0.2) is 32.4 Å². The molecule has 0 N–H and O–H groups in total. The fourth-order valence-corrected chi connectivity index (χ4v) is 6.63. The number of para-hydroxylation sites is 2. The molecule has 1 heterocycles. The Kier molecular flexibility index (Phi) is 7.09. The number of nitrogens with zero attached hydrogens (tertiary/aromatic N) is 1. The lowest BCUT2D eigenvalue weighted by Gasteiger charge is -2.33.